The first-order valence-electron chi connectivity index (χ1n) is 6.03. The monoisotopic (exact) mass is 343 g/mol. The molecule has 0 saturated carbocycles. The van der Waals surface area contributed by atoms with Gasteiger partial charge in [-0.3, -0.25) is 4.90 Å². The average Bonchev–Trinajstić information content (AvgIpc) is 2.42. The maximum absolute atomic E-state index is 13.9. The van der Waals surface area contributed by atoms with E-state index in [2.05, 4.69) is 15.9 Å². The highest BCUT2D eigenvalue weighted by atomic mass is 79.9. The van der Waals surface area contributed by atoms with Crippen LogP contribution in [0.15, 0.2) is 40.9 Å². The summed E-state index contributed by atoms with van der Waals surface area (Å²) < 4.78 is 41.2. The lowest BCUT2D eigenvalue weighted by atomic mass is 10.1. The Morgan fingerprint density at radius 3 is 2.35 bits per heavy atom. The summed E-state index contributed by atoms with van der Waals surface area (Å²) in [7, 11) is 1.69. The minimum atomic E-state index is -0.620. The number of benzene rings is 2. The highest BCUT2D eigenvalue weighted by molar-refractivity contribution is 9.10. The smallest absolute Gasteiger partial charge is 0.144 e. The molecular formula is C15H13BrF3N. The fourth-order valence-corrected chi connectivity index (χ4v) is 2.33. The van der Waals surface area contributed by atoms with E-state index < -0.39 is 11.6 Å². The van der Waals surface area contributed by atoms with E-state index in [1.54, 1.807) is 30.1 Å². The number of hydrogen-bond acceptors (Lipinski definition) is 1. The lowest BCUT2D eigenvalue weighted by molar-refractivity contribution is 0.302. The average molecular weight is 344 g/mol. The first kappa shape index (κ1) is 15.1. The molecule has 0 amide bonds. The molecule has 5 heteroatoms. The molecule has 0 heterocycles. The van der Waals surface area contributed by atoms with Crippen LogP contribution in [0.2, 0.25) is 0 Å². The molecule has 0 saturated heterocycles. The standard InChI is InChI=1S/C15H13BrF3N/c1-20(8-10-4-2-3-5-13(10)17)9-11-14(18)7-6-12(16)15(11)19/h2-7H,8-9H2,1H3. The van der Waals surface area contributed by atoms with E-state index in [9.17, 15) is 13.2 Å². The Bertz CT molecular complexity index is 616. The molecular weight excluding hydrogens is 331 g/mol. The quantitative estimate of drug-likeness (QED) is 0.739. The van der Waals surface area contributed by atoms with Gasteiger partial charge in [0.25, 0.3) is 0 Å². The molecule has 0 atom stereocenters. The largest absolute Gasteiger partial charge is 0.298 e. The minimum Gasteiger partial charge on any atom is -0.298 e. The molecule has 0 aliphatic heterocycles. The van der Waals surface area contributed by atoms with Crippen LogP contribution >= 0.6 is 15.9 Å². The third-order valence-electron chi connectivity index (χ3n) is 2.97. The normalized spacial score (nSPS) is 11.1. The van der Waals surface area contributed by atoms with E-state index in [1.807, 2.05) is 0 Å². The van der Waals surface area contributed by atoms with Gasteiger partial charge in [-0.25, -0.2) is 13.2 Å². The molecule has 0 radical (unpaired) electrons. The molecule has 0 fully saturated rings. The fraction of sp³-hybridized carbons (Fsp3) is 0.200. The molecule has 1 nitrogen and oxygen atoms in total. The Hall–Kier alpha value is -1.33. The summed E-state index contributed by atoms with van der Waals surface area (Å²) in [6.07, 6.45) is 0. The van der Waals surface area contributed by atoms with E-state index in [4.69, 9.17) is 0 Å². The van der Waals surface area contributed by atoms with Gasteiger partial charge in [0.05, 0.1) is 4.47 Å². The molecule has 0 bridgehead atoms. The van der Waals surface area contributed by atoms with Gasteiger partial charge >= 0.3 is 0 Å². The molecule has 2 aromatic carbocycles. The molecule has 0 unspecified atom stereocenters. The summed E-state index contributed by atoms with van der Waals surface area (Å²) in [6, 6.07) is 8.88. The topological polar surface area (TPSA) is 3.24 Å². The van der Waals surface area contributed by atoms with Crippen LogP contribution < -0.4 is 0 Å². The van der Waals surface area contributed by atoms with Crippen molar-refractivity contribution < 1.29 is 13.2 Å². The van der Waals surface area contributed by atoms with Crippen molar-refractivity contribution in [2.45, 2.75) is 13.1 Å². The molecule has 0 aromatic heterocycles. The molecule has 20 heavy (non-hydrogen) atoms. The van der Waals surface area contributed by atoms with Gasteiger partial charge in [-0.15, -0.1) is 0 Å². The van der Waals surface area contributed by atoms with Crippen LogP contribution in [-0.4, -0.2) is 11.9 Å². The summed E-state index contributed by atoms with van der Waals surface area (Å²) in [5.41, 5.74) is 0.462. The third-order valence-corrected chi connectivity index (χ3v) is 3.58. The fourth-order valence-electron chi connectivity index (χ4n) is 1.96. The van der Waals surface area contributed by atoms with Crippen molar-refractivity contribution in [3.8, 4) is 0 Å². The van der Waals surface area contributed by atoms with Crippen molar-refractivity contribution in [2.75, 3.05) is 7.05 Å². The van der Waals surface area contributed by atoms with Gasteiger partial charge in [-0.1, -0.05) is 18.2 Å². The summed E-state index contributed by atoms with van der Waals surface area (Å²) >= 11 is 3.03. The molecule has 2 rings (SSSR count). The van der Waals surface area contributed by atoms with E-state index in [1.165, 1.54) is 18.2 Å². The molecule has 106 valence electrons. The Labute approximate surface area is 124 Å². The first-order valence-corrected chi connectivity index (χ1v) is 6.82. The zero-order chi connectivity index (χ0) is 14.7. The van der Waals surface area contributed by atoms with Crippen molar-refractivity contribution in [3.05, 3.63) is 69.4 Å². The lowest BCUT2D eigenvalue weighted by Gasteiger charge is -2.18. The second kappa shape index (κ2) is 6.41. The number of rotatable bonds is 4. The highest BCUT2D eigenvalue weighted by Gasteiger charge is 2.15. The minimum absolute atomic E-state index is 0.0294. The van der Waals surface area contributed by atoms with Gasteiger partial charge in [-0.05, 0) is 41.2 Å². The van der Waals surface area contributed by atoms with E-state index in [-0.39, 0.29) is 28.9 Å². The van der Waals surface area contributed by atoms with E-state index in [0.717, 1.165) is 0 Å². The van der Waals surface area contributed by atoms with Gasteiger partial charge in [0, 0.05) is 24.2 Å². The molecule has 0 spiro atoms. The van der Waals surface area contributed by atoms with Crippen LogP contribution in [0.1, 0.15) is 11.1 Å². The van der Waals surface area contributed by atoms with Crippen LogP contribution in [0.25, 0.3) is 0 Å². The van der Waals surface area contributed by atoms with Crippen LogP contribution in [0, 0.1) is 17.5 Å². The van der Waals surface area contributed by atoms with Crippen molar-refractivity contribution in [2.24, 2.45) is 0 Å². The zero-order valence-electron chi connectivity index (χ0n) is 10.8. The molecule has 0 aliphatic carbocycles. The van der Waals surface area contributed by atoms with Crippen LogP contribution in [-0.2, 0) is 13.1 Å². The summed E-state index contributed by atoms with van der Waals surface area (Å²) in [5, 5.41) is 0. The van der Waals surface area contributed by atoms with Gasteiger partial charge in [0.2, 0.25) is 0 Å². The van der Waals surface area contributed by atoms with Gasteiger partial charge in [0.15, 0.2) is 0 Å². The second-order valence-electron chi connectivity index (χ2n) is 4.59. The summed E-state index contributed by atoms with van der Waals surface area (Å²) in [5.74, 6) is -1.55. The first-order chi connectivity index (χ1) is 9.49. The van der Waals surface area contributed by atoms with Crippen molar-refractivity contribution in [1.82, 2.24) is 4.90 Å². The van der Waals surface area contributed by atoms with Gasteiger partial charge < -0.3 is 0 Å². The van der Waals surface area contributed by atoms with Crippen molar-refractivity contribution in [3.63, 3.8) is 0 Å². The summed E-state index contributed by atoms with van der Waals surface area (Å²) in [6.45, 7) is 0.337. The maximum Gasteiger partial charge on any atom is 0.144 e. The third kappa shape index (κ3) is 3.41. The number of halogens is 4. The van der Waals surface area contributed by atoms with Crippen LogP contribution in [0.5, 0.6) is 0 Å². The Morgan fingerprint density at radius 1 is 0.950 bits per heavy atom. The van der Waals surface area contributed by atoms with Crippen molar-refractivity contribution >= 4 is 15.9 Å². The van der Waals surface area contributed by atoms with E-state index >= 15 is 0 Å². The summed E-state index contributed by atoms with van der Waals surface area (Å²) in [4.78, 5) is 1.66. The lowest BCUT2D eigenvalue weighted by Crippen LogP contribution is -2.19. The Kier molecular flexibility index (Phi) is 4.83. The predicted octanol–water partition coefficient (Wildman–Crippen LogP) is 4.50. The maximum atomic E-state index is 13.9. The Balaban J connectivity index is 2.15. The zero-order valence-corrected chi connectivity index (χ0v) is 12.4. The molecule has 2 aromatic rings. The molecule has 0 N–H and O–H groups in total. The van der Waals surface area contributed by atoms with E-state index in [0.29, 0.717) is 5.56 Å². The van der Waals surface area contributed by atoms with Gasteiger partial charge in [-0.2, -0.15) is 0 Å². The predicted molar refractivity (Wildman–Crippen MR) is 75.6 cm³/mol. The Morgan fingerprint density at radius 2 is 1.65 bits per heavy atom. The number of hydrogen-bond donors (Lipinski definition) is 0. The highest BCUT2D eigenvalue weighted by Crippen LogP contribution is 2.23. The van der Waals surface area contributed by atoms with Crippen molar-refractivity contribution in [1.29, 1.82) is 0 Å². The molecule has 0 aliphatic rings. The van der Waals surface area contributed by atoms with Gasteiger partial charge in [0.1, 0.15) is 17.5 Å². The van der Waals surface area contributed by atoms with Crippen LogP contribution in [0.4, 0.5) is 13.2 Å². The SMILES string of the molecule is CN(Cc1ccccc1F)Cc1c(F)ccc(Br)c1F. The van der Waals surface area contributed by atoms with Crippen LogP contribution in [0.3, 0.4) is 0 Å². The second-order valence-corrected chi connectivity index (χ2v) is 5.44. The number of nitrogens with zero attached hydrogens (tertiary/aromatic N) is 1.